The molecule has 0 aromatic rings. The second kappa shape index (κ2) is 10.6. The summed E-state index contributed by atoms with van der Waals surface area (Å²) >= 11 is 0. The van der Waals surface area contributed by atoms with E-state index in [1.54, 1.807) is 11.9 Å². The molecule has 0 spiro atoms. The van der Waals surface area contributed by atoms with Gasteiger partial charge in [-0.25, -0.2) is 0 Å². The van der Waals surface area contributed by atoms with Gasteiger partial charge in [-0.2, -0.15) is 0 Å². The fourth-order valence-electron chi connectivity index (χ4n) is 9.65. The Labute approximate surface area is 233 Å². The summed E-state index contributed by atoms with van der Waals surface area (Å²) in [5, 5.41) is 0. The molecular formula is C32H48N2O5. The van der Waals surface area contributed by atoms with Gasteiger partial charge in [0.15, 0.2) is 0 Å². The Morgan fingerprint density at radius 1 is 0.564 bits per heavy atom. The fraction of sp³-hybridized carbons (Fsp3) is 0.875. The van der Waals surface area contributed by atoms with Crippen molar-refractivity contribution in [1.29, 1.82) is 0 Å². The van der Waals surface area contributed by atoms with E-state index < -0.39 is 0 Å². The van der Waals surface area contributed by atoms with Crippen LogP contribution in [0.15, 0.2) is 0 Å². The maximum absolute atomic E-state index is 13.8. The molecular weight excluding hydrogens is 492 g/mol. The third-order valence-electron chi connectivity index (χ3n) is 12.0. The molecule has 6 fully saturated rings. The molecule has 4 saturated carbocycles. The monoisotopic (exact) mass is 540 g/mol. The molecule has 2 aliphatic heterocycles. The number of likely N-dealkylation sites (tertiary alicyclic amines) is 2. The molecule has 0 N–H and O–H groups in total. The first kappa shape index (κ1) is 27.4. The van der Waals surface area contributed by atoms with Crippen molar-refractivity contribution in [3.05, 3.63) is 0 Å². The molecule has 0 bridgehead atoms. The van der Waals surface area contributed by atoms with E-state index in [2.05, 4.69) is 20.8 Å². The molecule has 7 heteroatoms. The average molecular weight is 541 g/mol. The predicted molar refractivity (Wildman–Crippen MR) is 146 cm³/mol. The molecule has 4 amide bonds. The minimum atomic E-state index is -0.217. The molecule has 7 nitrogen and oxygen atoms in total. The van der Waals surface area contributed by atoms with Gasteiger partial charge in [0.05, 0.1) is 35.9 Å². The van der Waals surface area contributed by atoms with Crippen LogP contribution in [-0.2, 0) is 23.9 Å². The van der Waals surface area contributed by atoms with Crippen LogP contribution in [0.2, 0.25) is 0 Å². The van der Waals surface area contributed by atoms with E-state index in [1.807, 2.05) is 0 Å². The minimum Gasteiger partial charge on any atom is -0.375 e. The average Bonchev–Trinajstić information content (AvgIpc) is 3.28. The largest absolute Gasteiger partial charge is 0.375 e. The summed E-state index contributed by atoms with van der Waals surface area (Å²) in [5.41, 5.74) is 0. The zero-order valence-electron chi connectivity index (χ0n) is 24.3. The zero-order chi connectivity index (χ0) is 27.6. The fourth-order valence-corrected chi connectivity index (χ4v) is 9.65. The van der Waals surface area contributed by atoms with Gasteiger partial charge in [-0.05, 0) is 107 Å². The number of nitrogens with zero attached hydrogens (tertiary/aromatic N) is 2. The summed E-state index contributed by atoms with van der Waals surface area (Å²) in [6.45, 7) is 6.79. The van der Waals surface area contributed by atoms with Crippen molar-refractivity contribution in [2.24, 2.45) is 53.3 Å². The maximum Gasteiger partial charge on any atom is 0.233 e. The number of fused-ring (bicyclic) bond motifs is 2. The van der Waals surface area contributed by atoms with Gasteiger partial charge in [0.25, 0.3) is 0 Å². The molecule has 2 heterocycles. The summed E-state index contributed by atoms with van der Waals surface area (Å²) in [7, 11) is 1.61. The third kappa shape index (κ3) is 4.78. The highest BCUT2D eigenvalue weighted by atomic mass is 16.5. The van der Waals surface area contributed by atoms with E-state index in [4.69, 9.17) is 4.74 Å². The first-order chi connectivity index (χ1) is 18.6. The molecule has 6 rings (SSSR count). The molecule has 0 radical (unpaired) electrons. The highest BCUT2D eigenvalue weighted by Crippen LogP contribution is 2.53. The predicted octanol–water partition coefficient (Wildman–Crippen LogP) is 4.82. The van der Waals surface area contributed by atoms with Crippen molar-refractivity contribution < 1.29 is 23.9 Å². The Kier molecular flexibility index (Phi) is 7.43. The highest BCUT2D eigenvalue weighted by Gasteiger charge is 2.57. The van der Waals surface area contributed by atoms with Crippen LogP contribution in [0.4, 0.5) is 0 Å². The molecule has 0 aromatic carbocycles. The SMILES string of the molecule is CC1CCC(OC2CCC(N3C(=O)C4CC(C)C(C5CC6C(=O)N(C)C(=O)C6CC5C)CC4C3=O)CC2)CC1. The van der Waals surface area contributed by atoms with Gasteiger partial charge >= 0.3 is 0 Å². The van der Waals surface area contributed by atoms with Gasteiger partial charge in [-0.1, -0.05) is 20.8 Å². The van der Waals surface area contributed by atoms with Crippen LogP contribution in [0.5, 0.6) is 0 Å². The van der Waals surface area contributed by atoms with Crippen molar-refractivity contribution in [1.82, 2.24) is 9.80 Å². The maximum atomic E-state index is 13.8. The molecule has 0 aromatic heterocycles. The Balaban J connectivity index is 1.08. The molecule has 8 unspecified atom stereocenters. The van der Waals surface area contributed by atoms with Crippen LogP contribution in [-0.4, -0.2) is 58.7 Å². The van der Waals surface area contributed by atoms with Gasteiger partial charge in [0, 0.05) is 13.1 Å². The Bertz CT molecular complexity index is 997. The van der Waals surface area contributed by atoms with Gasteiger partial charge < -0.3 is 4.74 Å². The number of rotatable bonds is 4. The molecule has 39 heavy (non-hydrogen) atoms. The van der Waals surface area contributed by atoms with E-state index in [1.165, 1.54) is 17.7 Å². The van der Waals surface area contributed by atoms with Crippen molar-refractivity contribution in [2.75, 3.05) is 7.05 Å². The standard InChI is InChI=1S/C32H48N2O5/c1-17-5-9-21(10-6-17)39-22-11-7-20(8-12-22)34-31(37)26-14-19(3)24(16-28(26)32(34)38)23-15-27-25(13-18(23)2)29(35)33(4)30(27)36/h17-28H,5-16H2,1-4H3. The quantitative estimate of drug-likeness (QED) is 0.478. The normalized spacial score (nSPS) is 47.0. The first-order valence-electron chi connectivity index (χ1n) is 16.0. The summed E-state index contributed by atoms with van der Waals surface area (Å²) in [6, 6.07) is 0.0163. The number of hydrogen-bond donors (Lipinski definition) is 0. The topological polar surface area (TPSA) is 84.0 Å². The lowest BCUT2D eigenvalue weighted by molar-refractivity contribution is -0.145. The zero-order valence-corrected chi connectivity index (χ0v) is 24.3. The van der Waals surface area contributed by atoms with E-state index in [9.17, 15) is 19.2 Å². The van der Waals surface area contributed by atoms with Crippen molar-refractivity contribution in [3.8, 4) is 0 Å². The van der Waals surface area contributed by atoms with E-state index in [-0.39, 0.29) is 59.4 Å². The lowest BCUT2D eigenvalue weighted by Crippen LogP contribution is -2.44. The van der Waals surface area contributed by atoms with Crippen LogP contribution < -0.4 is 0 Å². The lowest BCUT2D eigenvalue weighted by atomic mass is 9.58. The van der Waals surface area contributed by atoms with Crippen molar-refractivity contribution in [3.63, 3.8) is 0 Å². The Hall–Kier alpha value is -1.76. The van der Waals surface area contributed by atoms with Crippen LogP contribution in [0.25, 0.3) is 0 Å². The number of carbonyl (C=O) groups is 4. The number of imide groups is 2. The molecule has 6 aliphatic rings. The molecule has 216 valence electrons. The first-order valence-corrected chi connectivity index (χ1v) is 16.0. The second-order valence-electron chi connectivity index (χ2n) is 14.4. The number of ether oxygens (including phenoxy) is 1. The van der Waals surface area contributed by atoms with Crippen LogP contribution in [0.3, 0.4) is 0 Å². The van der Waals surface area contributed by atoms with Crippen molar-refractivity contribution in [2.45, 2.75) is 116 Å². The van der Waals surface area contributed by atoms with E-state index >= 15 is 0 Å². The summed E-state index contributed by atoms with van der Waals surface area (Å²) < 4.78 is 6.46. The lowest BCUT2D eigenvalue weighted by Gasteiger charge is -2.45. The van der Waals surface area contributed by atoms with E-state index in [0.717, 1.165) is 70.1 Å². The smallest absolute Gasteiger partial charge is 0.233 e. The molecule has 8 atom stereocenters. The summed E-state index contributed by atoms with van der Waals surface area (Å²) in [4.78, 5) is 55.8. The van der Waals surface area contributed by atoms with Gasteiger partial charge in [-0.3, -0.25) is 29.0 Å². The molecule has 4 aliphatic carbocycles. The highest BCUT2D eigenvalue weighted by molar-refractivity contribution is 6.06. The van der Waals surface area contributed by atoms with E-state index in [0.29, 0.717) is 29.8 Å². The Morgan fingerprint density at radius 3 is 1.49 bits per heavy atom. The number of hydrogen-bond acceptors (Lipinski definition) is 5. The number of carbonyl (C=O) groups excluding carboxylic acids is 4. The van der Waals surface area contributed by atoms with Gasteiger partial charge in [0.1, 0.15) is 0 Å². The Morgan fingerprint density at radius 2 is 0.974 bits per heavy atom. The minimum absolute atomic E-state index is 0.0163. The number of amides is 4. The van der Waals surface area contributed by atoms with Crippen LogP contribution in [0.1, 0.15) is 97.8 Å². The molecule has 2 saturated heterocycles. The third-order valence-corrected chi connectivity index (χ3v) is 12.0. The summed E-state index contributed by atoms with van der Waals surface area (Å²) in [6.07, 6.45) is 12.1. The summed E-state index contributed by atoms with van der Waals surface area (Å²) in [5.74, 6) is 1.40. The van der Waals surface area contributed by atoms with Crippen LogP contribution in [0, 0.1) is 53.3 Å². The van der Waals surface area contributed by atoms with Gasteiger partial charge in [-0.15, -0.1) is 0 Å². The van der Waals surface area contributed by atoms with Crippen LogP contribution >= 0.6 is 0 Å². The second-order valence-corrected chi connectivity index (χ2v) is 14.4. The van der Waals surface area contributed by atoms with Gasteiger partial charge in [0.2, 0.25) is 23.6 Å². The van der Waals surface area contributed by atoms with Crippen molar-refractivity contribution >= 4 is 23.6 Å².